The second kappa shape index (κ2) is 9.44. The van der Waals surface area contributed by atoms with Crippen molar-refractivity contribution in [2.75, 3.05) is 19.6 Å². The Kier molecular flexibility index (Phi) is 8.61. The summed E-state index contributed by atoms with van der Waals surface area (Å²) in [4.78, 5) is 22.1. The van der Waals surface area contributed by atoms with Crippen molar-refractivity contribution < 1.29 is 9.59 Å². The molecule has 0 bridgehead atoms. The van der Waals surface area contributed by atoms with Crippen molar-refractivity contribution >= 4 is 24.2 Å². The lowest BCUT2D eigenvalue weighted by Gasteiger charge is -2.06. The van der Waals surface area contributed by atoms with Crippen molar-refractivity contribution in [2.45, 2.75) is 6.42 Å². The van der Waals surface area contributed by atoms with Crippen LogP contribution in [0.2, 0.25) is 0 Å². The first-order valence-electron chi connectivity index (χ1n) is 5.49. The average molecular weight is 272 g/mol. The number of nitrogens with two attached hydrogens (primary N) is 1. The van der Waals surface area contributed by atoms with Crippen molar-refractivity contribution in [2.24, 2.45) is 5.73 Å². The zero-order chi connectivity index (χ0) is 12.5. The summed E-state index contributed by atoms with van der Waals surface area (Å²) in [6, 6.07) is 9.87. The molecule has 0 aliphatic carbocycles. The fourth-order valence-corrected chi connectivity index (χ4v) is 1.30. The van der Waals surface area contributed by atoms with Gasteiger partial charge in [-0.05, 0) is 12.0 Å². The van der Waals surface area contributed by atoms with Gasteiger partial charge in [-0.1, -0.05) is 30.3 Å². The van der Waals surface area contributed by atoms with Gasteiger partial charge in [-0.15, -0.1) is 12.4 Å². The molecule has 0 radical (unpaired) electrons. The molecule has 0 aromatic heterocycles. The van der Waals surface area contributed by atoms with E-state index in [-0.39, 0.29) is 37.3 Å². The van der Waals surface area contributed by atoms with Gasteiger partial charge in [0.1, 0.15) is 0 Å². The lowest BCUT2D eigenvalue weighted by atomic mass is 10.1. The third kappa shape index (κ3) is 6.88. The maximum absolute atomic E-state index is 11.3. The zero-order valence-corrected chi connectivity index (χ0v) is 10.8. The lowest BCUT2D eigenvalue weighted by Crippen LogP contribution is -2.40. The van der Waals surface area contributed by atoms with Gasteiger partial charge in [-0.3, -0.25) is 9.59 Å². The minimum Gasteiger partial charge on any atom is -0.354 e. The summed E-state index contributed by atoms with van der Waals surface area (Å²) in [6.07, 6.45) is 0.775. The molecule has 5 nitrogen and oxygen atoms in total. The number of carbonyl (C=O) groups excluding carboxylic acids is 2. The Morgan fingerprint density at radius 3 is 2.33 bits per heavy atom. The Morgan fingerprint density at radius 1 is 1.06 bits per heavy atom. The topological polar surface area (TPSA) is 84.2 Å². The van der Waals surface area contributed by atoms with E-state index in [9.17, 15) is 9.59 Å². The van der Waals surface area contributed by atoms with Crippen molar-refractivity contribution in [1.82, 2.24) is 10.6 Å². The molecule has 0 saturated carbocycles. The molecule has 0 aliphatic rings. The van der Waals surface area contributed by atoms with Crippen LogP contribution in [-0.4, -0.2) is 31.4 Å². The third-order valence-corrected chi connectivity index (χ3v) is 2.21. The van der Waals surface area contributed by atoms with Crippen LogP contribution < -0.4 is 16.4 Å². The molecule has 0 spiro atoms. The minimum atomic E-state index is -0.330. The van der Waals surface area contributed by atoms with Gasteiger partial charge < -0.3 is 16.4 Å². The van der Waals surface area contributed by atoms with Crippen molar-refractivity contribution in [3.8, 4) is 0 Å². The van der Waals surface area contributed by atoms with Gasteiger partial charge in [0.2, 0.25) is 11.8 Å². The van der Waals surface area contributed by atoms with E-state index in [1.807, 2.05) is 30.3 Å². The second-order valence-electron chi connectivity index (χ2n) is 3.57. The predicted molar refractivity (Wildman–Crippen MR) is 72.5 cm³/mol. The van der Waals surface area contributed by atoms with E-state index < -0.39 is 0 Å². The highest BCUT2D eigenvalue weighted by Crippen LogP contribution is 1.97. The van der Waals surface area contributed by atoms with Gasteiger partial charge in [-0.25, -0.2) is 0 Å². The van der Waals surface area contributed by atoms with Crippen LogP contribution in [0, 0.1) is 0 Å². The Bertz CT molecular complexity index is 371. The Labute approximate surface area is 113 Å². The number of benzene rings is 1. The van der Waals surface area contributed by atoms with Crippen LogP contribution in [0.5, 0.6) is 0 Å². The molecule has 1 rings (SSSR count). The number of hydrogen-bond acceptors (Lipinski definition) is 3. The number of carbonyl (C=O) groups is 2. The molecule has 1 aromatic carbocycles. The van der Waals surface area contributed by atoms with E-state index in [2.05, 4.69) is 10.6 Å². The first-order chi connectivity index (χ1) is 8.22. The molecule has 1 aromatic rings. The van der Waals surface area contributed by atoms with Crippen LogP contribution in [0.4, 0.5) is 0 Å². The zero-order valence-electron chi connectivity index (χ0n) is 10.0. The van der Waals surface area contributed by atoms with Gasteiger partial charge in [0, 0.05) is 6.54 Å². The molecule has 100 valence electrons. The van der Waals surface area contributed by atoms with Crippen LogP contribution in [-0.2, 0) is 16.0 Å². The molecular formula is C12H18ClN3O2. The van der Waals surface area contributed by atoms with E-state index in [4.69, 9.17) is 5.73 Å². The first-order valence-corrected chi connectivity index (χ1v) is 5.49. The van der Waals surface area contributed by atoms with Crippen molar-refractivity contribution in [3.05, 3.63) is 35.9 Å². The summed E-state index contributed by atoms with van der Waals surface area (Å²) in [6.45, 7) is 0.434. The second-order valence-corrected chi connectivity index (χ2v) is 3.57. The van der Waals surface area contributed by atoms with Crippen LogP contribution in [0.15, 0.2) is 30.3 Å². The summed E-state index contributed by atoms with van der Waals surface area (Å²) in [5.74, 6) is -0.536. The maximum Gasteiger partial charge on any atom is 0.239 e. The van der Waals surface area contributed by atoms with Crippen LogP contribution in [0.1, 0.15) is 5.56 Å². The molecule has 4 N–H and O–H groups in total. The molecule has 0 atom stereocenters. The maximum atomic E-state index is 11.3. The highest BCUT2D eigenvalue weighted by molar-refractivity contribution is 5.85. The predicted octanol–water partition coefficient (Wildman–Crippen LogP) is -0.158. The molecule has 0 fully saturated rings. The summed E-state index contributed by atoms with van der Waals surface area (Å²) in [5.41, 5.74) is 6.26. The van der Waals surface area contributed by atoms with Crippen LogP contribution >= 0.6 is 12.4 Å². The largest absolute Gasteiger partial charge is 0.354 e. The van der Waals surface area contributed by atoms with E-state index in [0.717, 1.165) is 6.42 Å². The van der Waals surface area contributed by atoms with Gasteiger partial charge in [0.05, 0.1) is 13.1 Å². The fourth-order valence-electron chi connectivity index (χ4n) is 1.30. The summed E-state index contributed by atoms with van der Waals surface area (Å²) >= 11 is 0. The van der Waals surface area contributed by atoms with Gasteiger partial charge in [-0.2, -0.15) is 0 Å². The third-order valence-electron chi connectivity index (χ3n) is 2.21. The van der Waals surface area contributed by atoms with E-state index >= 15 is 0 Å². The number of hydrogen-bond donors (Lipinski definition) is 3. The van der Waals surface area contributed by atoms with Crippen LogP contribution in [0.3, 0.4) is 0 Å². The molecule has 0 saturated heterocycles. The molecule has 0 aliphatic heterocycles. The molecule has 18 heavy (non-hydrogen) atoms. The molecule has 0 heterocycles. The normalized spacial score (nSPS) is 9.17. The number of rotatable bonds is 6. The highest BCUT2D eigenvalue weighted by atomic mass is 35.5. The smallest absolute Gasteiger partial charge is 0.239 e. The lowest BCUT2D eigenvalue weighted by molar-refractivity contribution is -0.125. The standard InChI is InChI=1S/C12H17N3O2.ClH/c13-8-11(16)15-9-12(17)14-7-6-10-4-2-1-3-5-10;/h1-5H,6-9,13H2,(H,14,17)(H,15,16);1H. The van der Waals surface area contributed by atoms with Crippen LogP contribution in [0.25, 0.3) is 0 Å². The van der Waals surface area contributed by atoms with Crippen molar-refractivity contribution in [3.63, 3.8) is 0 Å². The number of halogens is 1. The number of nitrogens with one attached hydrogen (secondary N) is 2. The number of amides is 2. The summed E-state index contributed by atoms with van der Waals surface area (Å²) in [7, 11) is 0. The minimum absolute atomic E-state index is 0. The molecular weight excluding hydrogens is 254 g/mol. The monoisotopic (exact) mass is 271 g/mol. The average Bonchev–Trinajstić information content (AvgIpc) is 2.37. The molecule has 6 heteroatoms. The van der Waals surface area contributed by atoms with E-state index in [0.29, 0.717) is 6.54 Å². The highest BCUT2D eigenvalue weighted by Gasteiger charge is 2.02. The summed E-state index contributed by atoms with van der Waals surface area (Å²) in [5, 5.41) is 5.12. The Hall–Kier alpha value is -1.59. The Balaban J connectivity index is 0.00000289. The quantitative estimate of drug-likeness (QED) is 0.672. The summed E-state index contributed by atoms with van der Waals surface area (Å²) < 4.78 is 0. The SMILES string of the molecule is Cl.NCC(=O)NCC(=O)NCCc1ccccc1. The van der Waals surface area contributed by atoms with Gasteiger partial charge >= 0.3 is 0 Å². The first kappa shape index (κ1) is 16.4. The fraction of sp³-hybridized carbons (Fsp3) is 0.333. The van der Waals surface area contributed by atoms with E-state index in [1.54, 1.807) is 0 Å². The molecule has 2 amide bonds. The van der Waals surface area contributed by atoms with E-state index in [1.165, 1.54) is 5.56 Å². The van der Waals surface area contributed by atoms with Gasteiger partial charge in [0.25, 0.3) is 0 Å². The Morgan fingerprint density at radius 2 is 1.72 bits per heavy atom. The van der Waals surface area contributed by atoms with Gasteiger partial charge in [0.15, 0.2) is 0 Å². The van der Waals surface area contributed by atoms with Crippen molar-refractivity contribution in [1.29, 1.82) is 0 Å². The molecule has 0 unspecified atom stereocenters.